The predicted molar refractivity (Wildman–Crippen MR) is 72.9 cm³/mol. The summed E-state index contributed by atoms with van der Waals surface area (Å²) in [7, 11) is 0. The number of amides is 1. The van der Waals surface area contributed by atoms with Gasteiger partial charge in [-0.25, -0.2) is 4.39 Å². The molecule has 0 bridgehead atoms. The highest BCUT2D eigenvalue weighted by molar-refractivity contribution is 6.09. The third-order valence-corrected chi connectivity index (χ3v) is 2.44. The van der Waals surface area contributed by atoms with E-state index in [0.29, 0.717) is 11.3 Å². The lowest BCUT2D eigenvalue weighted by atomic mass is 10.1. The Hall–Kier alpha value is -3.00. The zero-order valence-corrected chi connectivity index (χ0v) is 10.4. The molecule has 0 aliphatic heterocycles. The minimum absolute atomic E-state index is 0.112. The molecular formula is C15H10FN3O. The van der Waals surface area contributed by atoms with Gasteiger partial charge >= 0.3 is 0 Å². The predicted octanol–water partition coefficient (Wildman–Crippen LogP) is 2.77. The number of carbonyl (C=O) groups excluding carboxylic acids is 1. The Morgan fingerprint density at radius 1 is 1.35 bits per heavy atom. The Morgan fingerprint density at radius 2 is 2.20 bits per heavy atom. The second-order valence-electron chi connectivity index (χ2n) is 3.92. The van der Waals surface area contributed by atoms with Crippen molar-refractivity contribution in [3.8, 4) is 6.07 Å². The molecule has 0 atom stereocenters. The van der Waals surface area contributed by atoms with E-state index in [1.54, 1.807) is 30.5 Å². The summed E-state index contributed by atoms with van der Waals surface area (Å²) in [6.45, 7) is 0. The second kappa shape index (κ2) is 6.25. The first-order chi connectivity index (χ1) is 9.69. The molecule has 1 amide bonds. The van der Waals surface area contributed by atoms with Gasteiger partial charge in [0, 0.05) is 6.20 Å². The highest BCUT2D eigenvalue weighted by atomic mass is 19.1. The third-order valence-electron chi connectivity index (χ3n) is 2.44. The lowest BCUT2D eigenvalue weighted by molar-refractivity contribution is -0.112. The number of aromatic nitrogens is 1. The number of pyridine rings is 1. The first-order valence-corrected chi connectivity index (χ1v) is 5.78. The van der Waals surface area contributed by atoms with Crippen LogP contribution in [-0.2, 0) is 4.79 Å². The molecule has 1 aromatic heterocycles. The Balaban J connectivity index is 2.20. The van der Waals surface area contributed by atoms with Crippen molar-refractivity contribution >= 4 is 17.7 Å². The van der Waals surface area contributed by atoms with Crippen LogP contribution in [0.4, 0.5) is 10.1 Å². The van der Waals surface area contributed by atoms with Crippen molar-refractivity contribution in [2.24, 2.45) is 0 Å². The number of carbonyl (C=O) groups is 1. The van der Waals surface area contributed by atoms with Crippen LogP contribution in [0.2, 0.25) is 0 Å². The van der Waals surface area contributed by atoms with E-state index in [9.17, 15) is 9.18 Å². The van der Waals surface area contributed by atoms with Gasteiger partial charge in [-0.3, -0.25) is 9.78 Å². The highest BCUT2D eigenvalue weighted by Crippen LogP contribution is 2.11. The van der Waals surface area contributed by atoms with Gasteiger partial charge in [0.05, 0.1) is 11.9 Å². The van der Waals surface area contributed by atoms with Crippen LogP contribution in [0, 0.1) is 17.1 Å². The van der Waals surface area contributed by atoms with Gasteiger partial charge in [0.15, 0.2) is 0 Å². The van der Waals surface area contributed by atoms with Crippen LogP contribution in [0.1, 0.15) is 5.56 Å². The summed E-state index contributed by atoms with van der Waals surface area (Å²) < 4.78 is 13.0. The molecule has 1 N–H and O–H groups in total. The van der Waals surface area contributed by atoms with E-state index in [0.717, 1.165) is 0 Å². The van der Waals surface area contributed by atoms with Gasteiger partial charge in [-0.05, 0) is 35.9 Å². The van der Waals surface area contributed by atoms with Gasteiger partial charge in [0.2, 0.25) is 0 Å². The van der Waals surface area contributed by atoms with Crippen molar-refractivity contribution in [1.29, 1.82) is 5.26 Å². The lowest BCUT2D eigenvalue weighted by Gasteiger charge is -2.03. The van der Waals surface area contributed by atoms with Crippen molar-refractivity contribution in [3.63, 3.8) is 0 Å². The molecule has 0 aliphatic carbocycles. The van der Waals surface area contributed by atoms with Crippen LogP contribution < -0.4 is 5.32 Å². The molecule has 0 aliphatic rings. The number of nitrogens with one attached hydrogen (secondary N) is 1. The summed E-state index contributed by atoms with van der Waals surface area (Å²) in [4.78, 5) is 15.8. The van der Waals surface area contributed by atoms with E-state index < -0.39 is 11.7 Å². The summed E-state index contributed by atoms with van der Waals surface area (Å²) in [5, 5.41) is 11.6. The zero-order valence-electron chi connectivity index (χ0n) is 10.4. The van der Waals surface area contributed by atoms with Crippen LogP contribution in [0.3, 0.4) is 0 Å². The molecule has 4 nitrogen and oxygen atoms in total. The molecular weight excluding hydrogens is 257 g/mol. The van der Waals surface area contributed by atoms with Crippen molar-refractivity contribution in [3.05, 3.63) is 65.7 Å². The number of benzene rings is 1. The minimum Gasteiger partial charge on any atom is -0.320 e. The number of nitrogens with zero attached hydrogens (tertiary/aromatic N) is 2. The van der Waals surface area contributed by atoms with E-state index in [4.69, 9.17) is 5.26 Å². The normalized spacial score (nSPS) is 10.7. The molecule has 0 fully saturated rings. The first-order valence-electron chi connectivity index (χ1n) is 5.78. The topological polar surface area (TPSA) is 65.8 Å². The minimum atomic E-state index is -0.565. The number of halogens is 1. The second-order valence-corrected chi connectivity index (χ2v) is 3.92. The molecule has 0 spiro atoms. The average molecular weight is 267 g/mol. The van der Waals surface area contributed by atoms with Gasteiger partial charge < -0.3 is 5.32 Å². The molecule has 1 aromatic carbocycles. The van der Waals surface area contributed by atoms with Gasteiger partial charge in [0.25, 0.3) is 5.91 Å². The van der Waals surface area contributed by atoms with Crippen LogP contribution >= 0.6 is 0 Å². The van der Waals surface area contributed by atoms with Gasteiger partial charge in [-0.15, -0.1) is 0 Å². The maximum atomic E-state index is 13.0. The quantitative estimate of drug-likeness (QED) is 0.687. The SMILES string of the molecule is N#C/C(=C\c1cccc(F)c1)C(=O)Nc1cccnc1. The number of nitriles is 1. The molecule has 98 valence electrons. The van der Waals surface area contributed by atoms with Gasteiger partial charge in [-0.1, -0.05) is 12.1 Å². The summed E-state index contributed by atoms with van der Waals surface area (Å²) in [5.41, 5.74) is 0.820. The number of rotatable bonds is 3. The maximum Gasteiger partial charge on any atom is 0.266 e. The van der Waals surface area contributed by atoms with E-state index >= 15 is 0 Å². The lowest BCUT2D eigenvalue weighted by Crippen LogP contribution is -2.13. The molecule has 2 rings (SSSR count). The van der Waals surface area contributed by atoms with Crippen molar-refractivity contribution in [2.45, 2.75) is 0 Å². The van der Waals surface area contributed by atoms with Gasteiger partial charge in [0.1, 0.15) is 17.5 Å². The van der Waals surface area contributed by atoms with E-state index in [1.807, 2.05) is 0 Å². The van der Waals surface area contributed by atoms with Gasteiger partial charge in [-0.2, -0.15) is 5.26 Å². The fourth-order valence-corrected chi connectivity index (χ4v) is 1.55. The van der Waals surface area contributed by atoms with Crippen molar-refractivity contribution in [2.75, 3.05) is 5.32 Å². The monoisotopic (exact) mass is 267 g/mol. The molecule has 5 heteroatoms. The van der Waals surface area contributed by atoms with E-state index in [-0.39, 0.29) is 5.57 Å². The van der Waals surface area contributed by atoms with Crippen molar-refractivity contribution in [1.82, 2.24) is 4.98 Å². The third kappa shape index (κ3) is 3.50. The largest absolute Gasteiger partial charge is 0.320 e. The maximum absolute atomic E-state index is 13.0. The summed E-state index contributed by atoms with van der Waals surface area (Å²) in [5.74, 6) is -0.992. The standard InChI is InChI=1S/C15H10FN3O/c16-13-4-1-3-11(8-13)7-12(9-17)15(20)19-14-5-2-6-18-10-14/h1-8,10H,(H,19,20)/b12-7+. The summed E-state index contributed by atoms with van der Waals surface area (Å²) in [6.07, 6.45) is 4.37. The Labute approximate surface area is 115 Å². The number of anilines is 1. The number of hydrogen-bond donors (Lipinski definition) is 1. The van der Waals surface area contributed by atoms with Crippen LogP contribution in [0.15, 0.2) is 54.4 Å². The zero-order chi connectivity index (χ0) is 14.4. The van der Waals surface area contributed by atoms with Crippen LogP contribution in [0.25, 0.3) is 6.08 Å². The number of hydrogen-bond acceptors (Lipinski definition) is 3. The first kappa shape index (κ1) is 13.4. The Kier molecular flexibility index (Phi) is 4.20. The average Bonchev–Trinajstić information content (AvgIpc) is 2.46. The highest BCUT2D eigenvalue weighted by Gasteiger charge is 2.09. The fraction of sp³-hybridized carbons (Fsp3) is 0. The fourth-order valence-electron chi connectivity index (χ4n) is 1.55. The van der Waals surface area contributed by atoms with Crippen molar-refractivity contribution < 1.29 is 9.18 Å². The molecule has 0 radical (unpaired) electrons. The summed E-state index contributed by atoms with van der Waals surface area (Å²) >= 11 is 0. The van der Waals surface area contributed by atoms with E-state index in [1.165, 1.54) is 30.5 Å². The molecule has 0 saturated heterocycles. The molecule has 0 saturated carbocycles. The van der Waals surface area contributed by atoms with Crippen LogP contribution in [0.5, 0.6) is 0 Å². The smallest absolute Gasteiger partial charge is 0.266 e. The van der Waals surface area contributed by atoms with Crippen LogP contribution in [-0.4, -0.2) is 10.9 Å². The Bertz CT molecular complexity index is 690. The molecule has 0 unspecified atom stereocenters. The molecule has 2 aromatic rings. The molecule has 1 heterocycles. The summed E-state index contributed by atoms with van der Waals surface area (Å²) in [6, 6.07) is 10.8. The molecule has 20 heavy (non-hydrogen) atoms. The van der Waals surface area contributed by atoms with E-state index in [2.05, 4.69) is 10.3 Å². The Morgan fingerprint density at radius 3 is 2.85 bits per heavy atom.